The number of hydrogen-bond donors (Lipinski definition) is 2. The quantitative estimate of drug-likeness (QED) is 0.760. The Morgan fingerprint density at radius 3 is 2.61 bits per heavy atom. The third-order valence-corrected chi connectivity index (χ3v) is 4.55. The Kier molecular flexibility index (Phi) is 5.54. The number of likely N-dealkylation sites (tertiary alicyclic amines) is 1. The lowest BCUT2D eigenvalue weighted by atomic mass is 9.95. The third kappa shape index (κ3) is 3.79. The lowest BCUT2D eigenvalue weighted by molar-refractivity contribution is -0.135. The first-order valence-electron chi connectivity index (χ1n) is 7.96. The Hall–Kier alpha value is -1.73. The van der Waals surface area contributed by atoms with Gasteiger partial charge in [-0.1, -0.05) is 0 Å². The number of amides is 1. The number of hydrogen-bond acceptors (Lipinski definition) is 5. The molecule has 1 aromatic heterocycles. The fraction of sp³-hybridized carbons (Fsp3) is 0.688. The van der Waals surface area contributed by atoms with Gasteiger partial charge in [0.1, 0.15) is 0 Å². The second-order valence-electron chi connectivity index (χ2n) is 6.21. The molecule has 0 bridgehead atoms. The van der Waals surface area contributed by atoms with E-state index in [0.717, 1.165) is 5.69 Å². The van der Waals surface area contributed by atoms with Gasteiger partial charge in [0.15, 0.2) is 5.78 Å². The van der Waals surface area contributed by atoms with E-state index in [1.807, 2.05) is 6.92 Å². The molecule has 1 aromatic rings. The van der Waals surface area contributed by atoms with Crippen LogP contribution >= 0.6 is 0 Å². The molecule has 1 amide bonds. The number of aromatic nitrogens is 2. The minimum atomic E-state index is -0.543. The summed E-state index contributed by atoms with van der Waals surface area (Å²) in [5.41, 5.74) is 2.09. The largest absolute Gasteiger partial charge is 0.396 e. The molecular weight excluding hydrogens is 298 g/mol. The van der Waals surface area contributed by atoms with Crippen LogP contribution in [0.15, 0.2) is 0 Å². The molecule has 128 valence electrons. The van der Waals surface area contributed by atoms with Gasteiger partial charge in [-0.15, -0.1) is 0 Å². The molecule has 7 nitrogen and oxygen atoms in total. The van der Waals surface area contributed by atoms with Gasteiger partial charge in [0.25, 0.3) is 0 Å². The Morgan fingerprint density at radius 2 is 2.04 bits per heavy atom. The number of piperidine rings is 1. The van der Waals surface area contributed by atoms with Gasteiger partial charge >= 0.3 is 0 Å². The number of Topliss-reactive ketones (excluding diaryl/α,β-unsaturated/α-hetero) is 1. The monoisotopic (exact) mass is 323 g/mol. The lowest BCUT2D eigenvalue weighted by Gasteiger charge is -2.35. The molecule has 2 N–H and O–H groups in total. The first-order valence-corrected chi connectivity index (χ1v) is 7.96. The molecule has 0 unspecified atom stereocenters. The van der Waals surface area contributed by atoms with Crippen molar-refractivity contribution in [1.82, 2.24) is 14.7 Å². The van der Waals surface area contributed by atoms with E-state index >= 15 is 0 Å². The highest BCUT2D eigenvalue weighted by atomic mass is 16.3. The normalized spacial score (nSPS) is 21.5. The average Bonchev–Trinajstić information content (AvgIpc) is 2.79. The van der Waals surface area contributed by atoms with Crippen LogP contribution < -0.4 is 0 Å². The number of aliphatic hydroxyl groups is 2. The topological polar surface area (TPSA) is 95.7 Å². The summed E-state index contributed by atoms with van der Waals surface area (Å²) in [6.07, 6.45) is 0.233. The van der Waals surface area contributed by atoms with Crippen LogP contribution in [0.2, 0.25) is 0 Å². The van der Waals surface area contributed by atoms with E-state index in [4.69, 9.17) is 0 Å². The van der Waals surface area contributed by atoms with Crippen LogP contribution in [0.1, 0.15) is 41.5 Å². The molecule has 0 spiro atoms. The van der Waals surface area contributed by atoms with Crippen molar-refractivity contribution >= 4 is 11.7 Å². The predicted molar refractivity (Wildman–Crippen MR) is 84.1 cm³/mol. The van der Waals surface area contributed by atoms with Crippen LogP contribution in [0.5, 0.6) is 0 Å². The van der Waals surface area contributed by atoms with Crippen LogP contribution in [0.3, 0.4) is 0 Å². The van der Waals surface area contributed by atoms with Gasteiger partial charge in [0.2, 0.25) is 5.91 Å². The number of carbonyl (C=O) groups excluding carboxylic acids is 2. The highest BCUT2D eigenvalue weighted by molar-refractivity contribution is 5.96. The summed E-state index contributed by atoms with van der Waals surface area (Å²) in [7, 11) is 0. The van der Waals surface area contributed by atoms with Crippen molar-refractivity contribution < 1.29 is 19.8 Å². The van der Waals surface area contributed by atoms with E-state index < -0.39 is 6.10 Å². The summed E-state index contributed by atoms with van der Waals surface area (Å²) in [6, 6.07) is 0. The van der Waals surface area contributed by atoms with E-state index in [1.54, 1.807) is 16.5 Å². The summed E-state index contributed by atoms with van der Waals surface area (Å²) in [6.45, 7) is 6.32. The van der Waals surface area contributed by atoms with Crippen molar-refractivity contribution in [3.8, 4) is 0 Å². The van der Waals surface area contributed by atoms with Gasteiger partial charge < -0.3 is 15.1 Å². The van der Waals surface area contributed by atoms with Gasteiger partial charge in [-0.2, -0.15) is 5.10 Å². The molecule has 1 aliphatic rings. The molecule has 2 heterocycles. The molecule has 7 heteroatoms. The van der Waals surface area contributed by atoms with Gasteiger partial charge in [-0.25, -0.2) is 0 Å². The van der Waals surface area contributed by atoms with Crippen molar-refractivity contribution in [3.05, 3.63) is 17.0 Å². The van der Waals surface area contributed by atoms with E-state index in [-0.39, 0.29) is 30.6 Å². The van der Waals surface area contributed by atoms with Crippen molar-refractivity contribution in [3.63, 3.8) is 0 Å². The van der Waals surface area contributed by atoms with Crippen LogP contribution in [0.4, 0.5) is 0 Å². The van der Waals surface area contributed by atoms with E-state index in [2.05, 4.69) is 5.10 Å². The first-order chi connectivity index (χ1) is 10.8. The standard InChI is InChI=1S/C16H25N3O4/c1-10-16(12(3)21)11(2)19(17-10)7-5-15(23)18-6-4-14(22)13(8-18)9-20/h13-14,20,22H,4-9H2,1-3H3/t13-,14-/m0/s1. The van der Waals surface area contributed by atoms with Crippen molar-refractivity contribution in [2.75, 3.05) is 19.7 Å². The molecule has 0 radical (unpaired) electrons. The van der Waals surface area contributed by atoms with Gasteiger partial charge in [0.05, 0.1) is 24.0 Å². The average molecular weight is 323 g/mol. The number of ketones is 1. The summed E-state index contributed by atoms with van der Waals surface area (Å²) >= 11 is 0. The maximum absolute atomic E-state index is 12.3. The van der Waals surface area contributed by atoms with E-state index in [0.29, 0.717) is 37.3 Å². The number of aryl methyl sites for hydroxylation is 2. The second-order valence-corrected chi connectivity index (χ2v) is 6.21. The van der Waals surface area contributed by atoms with Gasteiger partial charge in [-0.05, 0) is 27.2 Å². The lowest BCUT2D eigenvalue weighted by Crippen LogP contribution is -2.47. The summed E-state index contributed by atoms with van der Waals surface area (Å²) < 4.78 is 1.70. The third-order valence-electron chi connectivity index (χ3n) is 4.55. The molecule has 0 aromatic carbocycles. The maximum Gasteiger partial charge on any atom is 0.224 e. The smallest absolute Gasteiger partial charge is 0.224 e. The zero-order valence-electron chi connectivity index (χ0n) is 13.9. The zero-order valence-corrected chi connectivity index (χ0v) is 13.9. The number of aliphatic hydroxyl groups excluding tert-OH is 2. The highest BCUT2D eigenvalue weighted by Crippen LogP contribution is 2.18. The maximum atomic E-state index is 12.3. The van der Waals surface area contributed by atoms with Crippen LogP contribution in [-0.4, -0.2) is 62.4 Å². The molecule has 1 aliphatic heterocycles. The van der Waals surface area contributed by atoms with Gasteiger partial charge in [0, 0.05) is 37.7 Å². The van der Waals surface area contributed by atoms with Crippen LogP contribution in [0.25, 0.3) is 0 Å². The summed E-state index contributed by atoms with van der Waals surface area (Å²) in [5.74, 6) is -0.314. The molecule has 1 fully saturated rings. The molecular formula is C16H25N3O4. The minimum Gasteiger partial charge on any atom is -0.396 e. The van der Waals surface area contributed by atoms with Crippen molar-refractivity contribution in [2.45, 2.75) is 46.3 Å². The fourth-order valence-corrected chi connectivity index (χ4v) is 3.21. The summed E-state index contributed by atoms with van der Waals surface area (Å²) in [4.78, 5) is 25.6. The van der Waals surface area contributed by atoms with E-state index in [9.17, 15) is 19.8 Å². The van der Waals surface area contributed by atoms with Crippen LogP contribution in [0, 0.1) is 19.8 Å². The highest BCUT2D eigenvalue weighted by Gasteiger charge is 2.29. The van der Waals surface area contributed by atoms with E-state index in [1.165, 1.54) is 6.92 Å². The zero-order chi connectivity index (χ0) is 17.1. The Morgan fingerprint density at radius 1 is 1.35 bits per heavy atom. The molecule has 0 aliphatic carbocycles. The molecule has 0 saturated carbocycles. The van der Waals surface area contributed by atoms with Crippen molar-refractivity contribution in [1.29, 1.82) is 0 Å². The molecule has 2 atom stereocenters. The SMILES string of the molecule is CC(=O)c1c(C)nn(CCC(=O)N2CC[C@H](O)[C@H](CO)C2)c1C. The molecule has 23 heavy (non-hydrogen) atoms. The molecule has 1 saturated heterocycles. The Balaban J connectivity index is 1.97. The van der Waals surface area contributed by atoms with Crippen molar-refractivity contribution in [2.24, 2.45) is 5.92 Å². The van der Waals surface area contributed by atoms with Gasteiger partial charge in [-0.3, -0.25) is 14.3 Å². The predicted octanol–water partition coefficient (Wildman–Crippen LogP) is 0.294. The Bertz CT molecular complexity index is 596. The first kappa shape index (κ1) is 17.6. The molecule has 2 rings (SSSR count). The Labute approximate surface area is 135 Å². The number of carbonyl (C=O) groups is 2. The minimum absolute atomic E-state index is 0.0200. The second kappa shape index (κ2) is 7.23. The van der Waals surface area contributed by atoms with Crippen LogP contribution in [-0.2, 0) is 11.3 Å². The fourth-order valence-electron chi connectivity index (χ4n) is 3.21. The summed E-state index contributed by atoms with van der Waals surface area (Å²) in [5, 5.41) is 23.3. The number of rotatable bonds is 5. The number of nitrogens with zero attached hydrogens (tertiary/aromatic N) is 3.